The monoisotopic (exact) mass is 220 g/mol. The van der Waals surface area contributed by atoms with E-state index in [-0.39, 0.29) is 13.2 Å². The number of hydrogen-bond donors (Lipinski definition) is 1. The van der Waals surface area contributed by atoms with Crippen molar-refractivity contribution < 1.29 is 9.53 Å². The Bertz CT molecular complexity index is 374. The van der Waals surface area contributed by atoms with E-state index in [4.69, 9.17) is 10.3 Å². The summed E-state index contributed by atoms with van der Waals surface area (Å²) in [6.07, 6.45) is -0.517. The number of carbonyl (C=O) groups is 1. The highest BCUT2D eigenvalue weighted by Gasteiger charge is 2.00. The van der Waals surface area contributed by atoms with Crippen molar-refractivity contribution in [1.82, 2.24) is 5.32 Å². The first-order valence-electron chi connectivity index (χ1n) is 4.78. The lowest BCUT2D eigenvalue weighted by Gasteiger charge is -2.05. The van der Waals surface area contributed by atoms with Gasteiger partial charge in [-0.05, 0) is 11.1 Å². The average molecular weight is 220 g/mol. The van der Waals surface area contributed by atoms with E-state index in [0.29, 0.717) is 6.54 Å². The van der Waals surface area contributed by atoms with Crippen LogP contribution in [0.15, 0.2) is 35.4 Å². The Morgan fingerprint density at radius 1 is 1.44 bits per heavy atom. The molecule has 0 fully saturated rings. The summed E-state index contributed by atoms with van der Waals surface area (Å²) >= 11 is 0. The van der Waals surface area contributed by atoms with Crippen molar-refractivity contribution >= 4 is 6.09 Å². The van der Waals surface area contributed by atoms with Crippen LogP contribution in [0, 0.1) is 0 Å². The van der Waals surface area contributed by atoms with Gasteiger partial charge in [0.2, 0.25) is 0 Å². The molecule has 0 aliphatic carbocycles. The highest BCUT2D eigenvalue weighted by Crippen LogP contribution is 1.97. The van der Waals surface area contributed by atoms with E-state index in [0.717, 1.165) is 5.56 Å². The molecule has 16 heavy (non-hydrogen) atoms. The first-order valence-corrected chi connectivity index (χ1v) is 4.78. The van der Waals surface area contributed by atoms with Crippen LogP contribution >= 0.6 is 0 Å². The van der Waals surface area contributed by atoms with Gasteiger partial charge in [0.1, 0.15) is 0 Å². The van der Waals surface area contributed by atoms with Gasteiger partial charge >= 0.3 is 6.09 Å². The molecular formula is C10H12N4O2. The zero-order valence-electron chi connectivity index (χ0n) is 8.67. The van der Waals surface area contributed by atoms with Crippen molar-refractivity contribution in [3.05, 3.63) is 46.3 Å². The quantitative estimate of drug-likeness (QED) is 0.357. The third-order valence-electron chi connectivity index (χ3n) is 1.77. The Kier molecular flexibility index (Phi) is 5.30. The summed E-state index contributed by atoms with van der Waals surface area (Å²) < 4.78 is 4.75. The number of nitrogens with one attached hydrogen (secondary N) is 1. The first kappa shape index (κ1) is 11.9. The third-order valence-corrected chi connectivity index (χ3v) is 1.77. The standard InChI is InChI=1S/C10H12N4O2/c11-14-13-6-7-16-10(15)12-8-9-4-2-1-3-5-9/h1-5H,6-8H2,(H,12,15). The summed E-state index contributed by atoms with van der Waals surface area (Å²) in [6.45, 7) is 0.654. The van der Waals surface area contributed by atoms with Crippen molar-refractivity contribution in [2.24, 2.45) is 5.11 Å². The van der Waals surface area contributed by atoms with Crippen LogP contribution in [0.4, 0.5) is 4.79 Å². The van der Waals surface area contributed by atoms with Gasteiger partial charge in [0.05, 0.1) is 13.2 Å². The van der Waals surface area contributed by atoms with Crippen molar-refractivity contribution in [3.63, 3.8) is 0 Å². The van der Waals surface area contributed by atoms with Crippen LogP contribution < -0.4 is 5.32 Å². The largest absolute Gasteiger partial charge is 0.449 e. The predicted octanol–water partition coefficient (Wildman–Crippen LogP) is 2.22. The predicted molar refractivity (Wildman–Crippen MR) is 58.6 cm³/mol. The molecule has 6 heteroatoms. The molecule has 0 spiro atoms. The minimum atomic E-state index is -0.517. The summed E-state index contributed by atoms with van der Waals surface area (Å²) in [4.78, 5) is 13.7. The highest BCUT2D eigenvalue weighted by atomic mass is 16.5. The topological polar surface area (TPSA) is 87.1 Å². The molecule has 0 aliphatic heterocycles. The van der Waals surface area contributed by atoms with Crippen LogP contribution in [0.2, 0.25) is 0 Å². The lowest BCUT2D eigenvalue weighted by Crippen LogP contribution is -2.24. The number of hydrogen-bond acceptors (Lipinski definition) is 3. The minimum Gasteiger partial charge on any atom is -0.449 e. The van der Waals surface area contributed by atoms with Gasteiger partial charge in [-0.1, -0.05) is 35.4 Å². The molecule has 0 heterocycles. The smallest absolute Gasteiger partial charge is 0.407 e. The van der Waals surface area contributed by atoms with E-state index >= 15 is 0 Å². The van der Waals surface area contributed by atoms with Gasteiger partial charge in [0.25, 0.3) is 0 Å². The summed E-state index contributed by atoms with van der Waals surface area (Å²) in [7, 11) is 0. The van der Waals surface area contributed by atoms with Gasteiger partial charge in [-0.2, -0.15) is 0 Å². The molecular weight excluding hydrogens is 208 g/mol. The second-order valence-electron chi connectivity index (χ2n) is 2.93. The van der Waals surface area contributed by atoms with Crippen LogP contribution in [-0.4, -0.2) is 19.2 Å². The number of benzene rings is 1. The number of rotatable bonds is 5. The van der Waals surface area contributed by atoms with Gasteiger partial charge in [0.15, 0.2) is 0 Å². The van der Waals surface area contributed by atoms with Gasteiger partial charge in [0, 0.05) is 11.5 Å². The maximum atomic E-state index is 11.1. The highest BCUT2D eigenvalue weighted by molar-refractivity contribution is 5.67. The number of azide groups is 1. The maximum absolute atomic E-state index is 11.1. The molecule has 0 atom stereocenters. The molecule has 0 saturated heterocycles. The molecule has 0 unspecified atom stereocenters. The third kappa shape index (κ3) is 4.88. The van der Waals surface area contributed by atoms with Gasteiger partial charge in [-0.25, -0.2) is 4.79 Å². The number of nitrogens with zero attached hydrogens (tertiary/aromatic N) is 3. The van der Waals surface area contributed by atoms with Crippen molar-refractivity contribution in [1.29, 1.82) is 0 Å². The lowest BCUT2D eigenvalue weighted by atomic mass is 10.2. The molecule has 1 amide bonds. The van der Waals surface area contributed by atoms with Crippen LogP contribution in [0.5, 0.6) is 0 Å². The molecule has 0 aromatic heterocycles. The van der Waals surface area contributed by atoms with E-state index in [1.54, 1.807) is 0 Å². The molecule has 84 valence electrons. The summed E-state index contributed by atoms with van der Waals surface area (Å²) in [5, 5.41) is 5.82. The van der Waals surface area contributed by atoms with Gasteiger partial charge < -0.3 is 10.1 Å². The van der Waals surface area contributed by atoms with Crippen LogP contribution in [0.25, 0.3) is 10.4 Å². The van der Waals surface area contributed by atoms with Crippen LogP contribution in [0.3, 0.4) is 0 Å². The zero-order chi connectivity index (χ0) is 11.6. The molecule has 1 rings (SSSR count). The molecule has 0 aliphatic rings. The van der Waals surface area contributed by atoms with E-state index in [9.17, 15) is 4.79 Å². The summed E-state index contributed by atoms with van der Waals surface area (Å²) in [6, 6.07) is 9.50. The normalized spacial score (nSPS) is 9.00. The van der Waals surface area contributed by atoms with Crippen molar-refractivity contribution in [3.8, 4) is 0 Å². The van der Waals surface area contributed by atoms with E-state index < -0.39 is 6.09 Å². The Labute approximate surface area is 92.8 Å². The average Bonchev–Trinajstić information content (AvgIpc) is 2.33. The number of carbonyl (C=O) groups excluding carboxylic acids is 1. The summed E-state index contributed by atoms with van der Waals surface area (Å²) in [5.74, 6) is 0. The molecule has 0 saturated carbocycles. The van der Waals surface area contributed by atoms with E-state index in [1.165, 1.54) is 0 Å². The number of alkyl carbamates (subject to hydrolysis) is 1. The van der Waals surface area contributed by atoms with Gasteiger partial charge in [-0.3, -0.25) is 0 Å². The number of amides is 1. The molecule has 0 radical (unpaired) electrons. The lowest BCUT2D eigenvalue weighted by molar-refractivity contribution is 0.149. The molecule has 6 nitrogen and oxygen atoms in total. The van der Waals surface area contributed by atoms with Gasteiger partial charge in [-0.15, -0.1) is 0 Å². The second-order valence-corrected chi connectivity index (χ2v) is 2.93. The van der Waals surface area contributed by atoms with E-state index in [2.05, 4.69) is 15.3 Å². The fraction of sp³-hybridized carbons (Fsp3) is 0.300. The fourth-order valence-corrected chi connectivity index (χ4v) is 1.05. The molecule has 1 N–H and O–H groups in total. The zero-order valence-corrected chi connectivity index (χ0v) is 8.67. The SMILES string of the molecule is [N-]=[N+]=NCCOC(=O)NCc1ccccc1. The van der Waals surface area contributed by atoms with Crippen molar-refractivity contribution in [2.45, 2.75) is 6.54 Å². The number of ether oxygens (including phenoxy) is 1. The molecule has 0 bridgehead atoms. The second kappa shape index (κ2) is 7.14. The summed E-state index contributed by atoms with van der Waals surface area (Å²) in [5.41, 5.74) is 8.98. The van der Waals surface area contributed by atoms with Crippen molar-refractivity contribution in [2.75, 3.05) is 13.2 Å². The molecule has 1 aromatic rings. The van der Waals surface area contributed by atoms with Crippen LogP contribution in [0.1, 0.15) is 5.56 Å². The minimum absolute atomic E-state index is 0.0880. The maximum Gasteiger partial charge on any atom is 0.407 e. The molecule has 1 aromatic carbocycles. The Morgan fingerprint density at radius 3 is 2.88 bits per heavy atom. The Morgan fingerprint density at radius 2 is 2.19 bits per heavy atom. The Balaban J connectivity index is 2.18. The van der Waals surface area contributed by atoms with E-state index in [1.807, 2.05) is 30.3 Å². The van der Waals surface area contributed by atoms with Crippen LogP contribution in [-0.2, 0) is 11.3 Å². The Hall–Kier alpha value is -2.20. The first-order chi connectivity index (χ1) is 7.83. The fourth-order valence-electron chi connectivity index (χ4n) is 1.05.